The van der Waals surface area contributed by atoms with E-state index in [0.29, 0.717) is 12.3 Å². The number of aromatic hydroxyl groups is 1. The summed E-state index contributed by atoms with van der Waals surface area (Å²) in [6, 6.07) is 17.5. The number of benzene rings is 2. The van der Waals surface area contributed by atoms with E-state index in [2.05, 4.69) is 18.7 Å². The summed E-state index contributed by atoms with van der Waals surface area (Å²) >= 11 is 0. The highest BCUT2D eigenvalue weighted by molar-refractivity contribution is 5.94. The topological polar surface area (TPSA) is 48.2 Å². The standard InChI is InChI=1S/C21H27N3O2/c1-17(2)24(18-8-4-3-5-9-18)21(26)16-22-12-14-23(15-13-22)19-10-6-7-11-20(19)25/h3-11,17,25H,12-16H2,1-2H3/p+1. The van der Waals surface area contributed by atoms with Gasteiger partial charge in [0.15, 0.2) is 6.54 Å². The smallest absolute Gasteiger partial charge is 0.282 e. The Morgan fingerprint density at radius 2 is 1.69 bits per heavy atom. The number of nitrogens with one attached hydrogen (secondary N) is 1. The minimum absolute atomic E-state index is 0.131. The van der Waals surface area contributed by atoms with Gasteiger partial charge in [-0.25, -0.2) is 0 Å². The zero-order valence-corrected chi connectivity index (χ0v) is 15.6. The fraction of sp³-hybridized carbons (Fsp3) is 0.381. The highest BCUT2D eigenvalue weighted by Gasteiger charge is 2.27. The molecule has 26 heavy (non-hydrogen) atoms. The predicted octanol–water partition coefficient (Wildman–Crippen LogP) is 1.54. The van der Waals surface area contributed by atoms with Crippen LogP contribution in [-0.4, -0.2) is 49.8 Å². The number of amides is 1. The number of hydrogen-bond donors (Lipinski definition) is 2. The van der Waals surface area contributed by atoms with Crippen LogP contribution in [0.5, 0.6) is 5.75 Å². The van der Waals surface area contributed by atoms with Gasteiger partial charge in [0.1, 0.15) is 5.75 Å². The maximum absolute atomic E-state index is 12.9. The molecule has 1 saturated heterocycles. The molecule has 0 atom stereocenters. The van der Waals surface area contributed by atoms with Crippen LogP contribution < -0.4 is 14.7 Å². The first-order valence-electron chi connectivity index (χ1n) is 9.30. The van der Waals surface area contributed by atoms with Crippen LogP contribution in [0, 0.1) is 0 Å². The number of para-hydroxylation sites is 3. The minimum Gasteiger partial charge on any atom is -0.506 e. The van der Waals surface area contributed by atoms with Gasteiger partial charge < -0.3 is 19.8 Å². The van der Waals surface area contributed by atoms with Gasteiger partial charge in [-0.15, -0.1) is 0 Å². The molecule has 0 aromatic heterocycles. The number of piperazine rings is 1. The molecule has 0 bridgehead atoms. The van der Waals surface area contributed by atoms with Crippen molar-refractivity contribution in [2.24, 2.45) is 0 Å². The van der Waals surface area contributed by atoms with Gasteiger partial charge >= 0.3 is 0 Å². The molecule has 1 aliphatic rings. The van der Waals surface area contributed by atoms with Crippen LogP contribution in [0.25, 0.3) is 0 Å². The molecular formula is C21H28N3O2+. The monoisotopic (exact) mass is 354 g/mol. The highest BCUT2D eigenvalue weighted by atomic mass is 16.3. The minimum atomic E-state index is 0.131. The van der Waals surface area contributed by atoms with E-state index in [0.717, 1.165) is 37.6 Å². The molecule has 138 valence electrons. The summed E-state index contributed by atoms with van der Waals surface area (Å²) in [5.74, 6) is 0.485. The number of carbonyl (C=O) groups is 1. The first-order valence-corrected chi connectivity index (χ1v) is 9.30. The maximum Gasteiger partial charge on any atom is 0.282 e. The van der Waals surface area contributed by atoms with E-state index in [9.17, 15) is 9.90 Å². The summed E-state index contributed by atoms with van der Waals surface area (Å²) in [7, 11) is 0. The number of quaternary nitrogens is 1. The number of anilines is 2. The number of hydrogen-bond acceptors (Lipinski definition) is 3. The fourth-order valence-corrected chi connectivity index (χ4v) is 3.59. The lowest BCUT2D eigenvalue weighted by Crippen LogP contribution is -3.16. The highest BCUT2D eigenvalue weighted by Crippen LogP contribution is 2.26. The Balaban J connectivity index is 1.60. The van der Waals surface area contributed by atoms with Crippen molar-refractivity contribution in [3.05, 3.63) is 54.6 Å². The number of carbonyl (C=O) groups excluding carboxylic acids is 1. The maximum atomic E-state index is 12.9. The molecule has 0 radical (unpaired) electrons. The Morgan fingerprint density at radius 3 is 2.31 bits per heavy atom. The molecule has 2 aromatic rings. The van der Waals surface area contributed by atoms with Crippen LogP contribution in [0.15, 0.2) is 54.6 Å². The van der Waals surface area contributed by atoms with Gasteiger partial charge in [0.05, 0.1) is 31.9 Å². The second-order valence-electron chi connectivity index (χ2n) is 7.10. The second-order valence-corrected chi connectivity index (χ2v) is 7.10. The van der Waals surface area contributed by atoms with Gasteiger partial charge in [0, 0.05) is 11.7 Å². The summed E-state index contributed by atoms with van der Waals surface area (Å²) in [6.45, 7) is 8.07. The second kappa shape index (κ2) is 8.23. The quantitative estimate of drug-likeness (QED) is 0.856. The number of phenols is 1. The lowest BCUT2D eigenvalue weighted by molar-refractivity contribution is -0.892. The number of rotatable bonds is 5. The lowest BCUT2D eigenvalue weighted by Gasteiger charge is -2.35. The molecule has 1 heterocycles. The van der Waals surface area contributed by atoms with Gasteiger partial charge in [-0.3, -0.25) is 4.79 Å². The zero-order chi connectivity index (χ0) is 18.5. The average Bonchev–Trinajstić information content (AvgIpc) is 2.64. The summed E-state index contributed by atoms with van der Waals surface area (Å²) < 4.78 is 0. The summed E-state index contributed by atoms with van der Waals surface area (Å²) in [6.07, 6.45) is 0. The number of phenolic OH excluding ortho intramolecular Hbond substituents is 1. The molecule has 0 spiro atoms. The van der Waals surface area contributed by atoms with Crippen molar-refractivity contribution in [3.8, 4) is 5.75 Å². The normalized spacial score (nSPS) is 15.3. The molecule has 0 aliphatic carbocycles. The molecule has 3 rings (SSSR count). The van der Waals surface area contributed by atoms with E-state index in [1.165, 1.54) is 4.90 Å². The molecule has 1 fully saturated rings. The Kier molecular flexibility index (Phi) is 5.78. The van der Waals surface area contributed by atoms with Crippen molar-refractivity contribution >= 4 is 17.3 Å². The van der Waals surface area contributed by atoms with Gasteiger partial charge in [0.25, 0.3) is 5.91 Å². The molecule has 0 unspecified atom stereocenters. The Hall–Kier alpha value is -2.53. The number of nitrogens with zero attached hydrogens (tertiary/aromatic N) is 2. The van der Waals surface area contributed by atoms with Crippen LogP contribution in [0.4, 0.5) is 11.4 Å². The van der Waals surface area contributed by atoms with Gasteiger partial charge in [-0.2, -0.15) is 0 Å². The first-order chi connectivity index (χ1) is 12.6. The van der Waals surface area contributed by atoms with Crippen molar-refractivity contribution in [2.75, 3.05) is 42.5 Å². The lowest BCUT2D eigenvalue weighted by atomic mass is 10.2. The third-order valence-corrected chi connectivity index (χ3v) is 4.91. The van der Waals surface area contributed by atoms with Crippen molar-refractivity contribution < 1.29 is 14.8 Å². The molecule has 1 aliphatic heterocycles. The predicted molar refractivity (Wildman–Crippen MR) is 105 cm³/mol. The Morgan fingerprint density at radius 1 is 1.08 bits per heavy atom. The average molecular weight is 354 g/mol. The van der Waals surface area contributed by atoms with Crippen molar-refractivity contribution in [1.82, 2.24) is 0 Å². The van der Waals surface area contributed by atoms with E-state index in [-0.39, 0.29) is 11.9 Å². The molecule has 2 aromatic carbocycles. The van der Waals surface area contributed by atoms with E-state index in [4.69, 9.17) is 0 Å². The van der Waals surface area contributed by atoms with E-state index < -0.39 is 0 Å². The molecular weight excluding hydrogens is 326 g/mol. The van der Waals surface area contributed by atoms with E-state index in [1.54, 1.807) is 6.07 Å². The molecule has 5 heteroatoms. The molecule has 5 nitrogen and oxygen atoms in total. The molecule has 1 amide bonds. The van der Waals surface area contributed by atoms with Crippen molar-refractivity contribution in [2.45, 2.75) is 19.9 Å². The summed E-state index contributed by atoms with van der Waals surface area (Å²) in [5, 5.41) is 10.0. The van der Waals surface area contributed by atoms with Crippen LogP contribution in [0.3, 0.4) is 0 Å². The molecule has 0 saturated carbocycles. The van der Waals surface area contributed by atoms with Crippen molar-refractivity contribution in [1.29, 1.82) is 0 Å². The zero-order valence-electron chi connectivity index (χ0n) is 15.6. The third-order valence-electron chi connectivity index (χ3n) is 4.91. The Bertz CT molecular complexity index is 725. The van der Waals surface area contributed by atoms with Crippen molar-refractivity contribution in [3.63, 3.8) is 0 Å². The third kappa shape index (κ3) is 4.17. The summed E-state index contributed by atoms with van der Waals surface area (Å²) in [5.41, 5.74) is 1.84. The SMILES string of the molecule is CC(C)N(C(=O)C[NH+]1CCN(c2ccccc2O)CC1)c1ccccc1. The van der Waals surface area contributed by atoms with Crippen LogP contribution >= 0.6 is 0 Å². The van der Waals surface area contributed by atoms with E-state index >= 15 is 0 Å². The largest absolute Gasteiger partial charge is 0.506 e. The van der Waals surface area contributed by atoms with E-state index in [1.807, 2.05) is 53.4 Å². The van der Waals surface area contributed by atoms with Gasteiger partial charge in [-0.05, 0) is 38.1 Å². The first kappa shape index (κ1) is 18.3. The summed E-state index contributed by atoms with van der Waals surface area (Å²) in [4.78, 5) is 18.3. The van der Waals surface area contributed by atoms with Crippen LogP contribution in [0.1, 0.15) is 13.8 Å². The van der Waals surface area contributed by atoms with Gasteiger partial charge in [-0.1, -0.05) is 30.3 Å². The fourth-order valence-electron chi connectivity index (χ4n) is 3.59. The molecule has 2 N–H and O–H groups in total. The Labute approximate surface area is 155 Å². The van der Waals surface area contributed by atoms with Gasteiger partial charge in [0.2, 0.25) is 0 Å². The van der Waals surface area contributed by atoms with Crippen LogP contribution in [0.2, 0.25) is 0 Å². The van der Waals surface area contributed by atoms with Crippen LogP contribution in [-0.2, 0) is 4.79 Å².